The van der Waals surface area contributed by atoms with Crippen LogP contribution in [-0.4, -0.2) is 5.52 Å². The highest BCUT2D eigenvalue weighted by Gasteiger charge is 1.64. The van der Waals surface area contributed by atoms with Gasteiger partial charge in [-0.3, -0.25) is 0 Å². The quantitative estimate of drug-likeness (QED) is 0.326. The molecule has 0 rings (SSSR count). The van der Waals surface area contributed by atoms with Gasteiger partial charge in [0.2, 0.25) is 0 Å². The molecule has 30 valence electrons. The lowest BCUT2D eigenvalue weighted by molar-refractivity contribution is 0.195. The van der Waals surface area contributed by atoms with Gasteiger partial charge in [0.15, 0.2) is 10.9 Å². The molecule has 3 nitrogen and oxygen atoms in total. The van der Waals surface area contributed by atoms with Gasteiger partial charge in [0.25, 0.3) is 0 Å². The molecule has 0 amide bonds. The molecular formula is CH2BrNO2. The van der Waals surface area contributed by atoms with E-state index in [2.05, 4.69) is 26.1 Å². The molecule has 0 saturated carbocycles. The standard InChI is InChI=1S/CH2BrNO2/c2-1-5-3-4/h1H2. The molecule has 0 N–H and O–H groups in total. The third-order valence-electron chi connectivity index (χ3n) is 0.101. The molecule has 0 atom stereocenters. The summed E-state index contributed by atoms with van der Waals surface area (Å²) in [5, 5.41) is 2.06. The maximum absolute atomic E-state index is 8.90. The van der Waals surface area contributed by atoms with E-state index in [-0.39, 0.29) is 5.52 Å². The zero-order chi connectivity index (χ0) is 4.12. The fourth-order valence-electron chi connectivity index (χ4n) is 0.0199. The summed E-state index contributed by atoms with van der Waals surface area (Å²) in [6.07, 6.45) is 0. The molecule has 0 aliphatic heterocycles. The van der Waals surface area contributed by atoms with Crippen molar-refractivity contribution in [3.05, 3.63) is 4.91 Å². The van der Waals surface area contributed by atoms with Gasteiger partial charge in [-0.15, -0.1) is 4.91 Å². The van der Waals surface area contributed by atoms with Gasteiger partial charge < -0.3 is 4.84 Å². The van der Waals surface area contributed by atoms with E-state index < -0.39 is 0 Å². The van der Waals surface area contributed by atoms with E-state index in [4.69, 9.17) is 4.91 Å². The fraction of sp³-hybridized carbons (Fsp3) is 1.00. The van der Waals surface area contributed by atoms with Gasteiger partial charge in [-0.25, -0.2) is 0 Å². The molecule has 0 saturated heterocycles. The predicted molar refractivity (Wildman–Crippen MR) is 20.7 cm³/mol. The summed E-state index contributed by atoms with van der Waals surface area (Å²) in [7, 11) is 0. The Kier molecular flexibility index (Phi) is 3.79. The van der Waals surface area contributed by atoms with E-state index in [1.165, 1.54) is 0 Å². The third kappa shape index (κ3) is 3.88. The first-order valence-corrected chi connectivity index (χ1v) is 2.04. The zero-order valence-corrected chi connectivity index (χ0v) is 3.93. The average molecular weight is 140 g/mol. The van der Waals surface area contributed by atoms with E-state index >= 15 is 0 Å². The lowest BCUT2D eigenvalue weighted by Gasteiger charge is -1.74. The Morgan fingerprint density at radius 3 is 2.60 bits per heavy atom. The number of hydrogen-bond donors (Lipinski definition) is 0. The molecule has 0 aromatic rings. The molecule has 0 heterocycles. The van der Waals surface area contributed by atoms with Crippen LogP contribution < -0.4 is 0 Å². The van der Waals surface area contributed by atoms with Gasteiger partial charge in [-0.1, -0.05) is 0 Å². The highest BCUT2D eigenvalue weighted by molar-refractivity contribution is 9.09. The largest absolute Gasteiger partial charge is 0.352 e. The topological polar surface area (TPSA) is 38.7 Å². The van der Waals surface area contributed by atoms with Crippen LogP contribution in [0, 0.1) is 4.91 Å². The SMILES string of the molecule is O=NOCBr. The van der Waals surface area contributed by atoms with Crippen molar-refractivity contribution in [3.8, 4) is 0 Å². The number of halogens is 1. The number of nitrogens with zero attached hydrogens (tertiary/aromatic N) is 1. The van der Waals surface area contributed by atoms with E-state index in [1.807, 2.05) is 0 Å². The Bertz CT molecular complexity index is 30.8. The summed E-state index contributed by atoms with van der Waals surface area (Å²) < 4.78 is 0. The lowest BCUT2D eigenvalue weighted by atomic mass is 11.7. The highest BCUT2D eigenvalue weighted by atomic mass is 79.9. The summed E-state index contributed by atoms with van der Waals surface area (Å²) in [5.74, 6) is 0. The number of hydrogen-bond acceptors (Lipinski definition) is 3. The Balaban J connectivity index is 2.40. The van der Waals surface area contributed by atoms with Crippen LogP contribution in [0.3, 0.4) is 0 Å². The molecule has 4 heteroatoms. The maximum Gasteiger partial charge on any atom is 0.174 e. The molecule has 0 spiro atoms. The first-order chi connectivity index (χ1) is 2.41. The summed E-state index contributed by atoms with van der Waals surface area (Å²) in [5.41, 5.74) is 0.177. The second-order valence-electron chi connectivity index (χ2n) is 0.313. The van der Waals surface area contributed by atoms with E-state index in [0.29, 0.717) is 0 Å². The monoisotopic (exact) mass is 139 g/mol. The molecular weight excluding hydrogens is 138 g/mol. The molecule has 0 aromatic heterocycles. The predicted octanol–water partition coefficient (Wildman–Crippen LogP) is 1.04. The van der Waals surface area contributed by atoms with Crippen LogP contribution in [0.2, 0.25) is 0 Å². The molecule has 0 fully saturated rings. The van der Waals surface area contributed by atoms with Gasteiger partial charge in [-0.2, -0.15) is 0 Å². The smallest absolute Gasteiger partial charge is 0.174 e. The molecule has 0 bridgehead atoms. The summed E-state index contributed by atoms with van der Waals surface area (Å²) in [6.45, 7) is 0. The normalized spacial score (nSPS) is 6.60. The van der Waals surface area contributed by atoms with Crippen molar-refractivity contribution in [3.63, 3.8) is 0 Å². The summed E-state index contributed by atoms with van der Waals surface area (Å²) in [4.78, 5) is 12.7. The van der Waals surface area contributed by atoms with E-state index in [1.54, 1.807) is 0 Å². The highest BCUT2D eigenvalue weighted by Crippen LogP contribution is 1.78. The van der Waals surface area contributed by atoms with Crippen LogP contribution in [0.25, 0.3) is 0 Å². The van der Waals surface area contributed by atoms with Crippen LogP contribution in [0.1, 0.15) is 0 Å². The molecule has 0 radical (unpaired) electrons. The Labute approximate surface area is 37.4 Å². The van der Waals surface area contributed by atoms with Gasteiger partial charge in [0, 0.05) is 0 Å². The van der Waals surface area contributed by atoms with Crippen molar-refractivity contribution in [1.82, 2.24) is 0 Å². The lowest BCUT2D eigenvalue weighted by Crippen LogP contribution is -1.66. The van der Waals surface area contributed by atoms with Crippen LogP contribution >= 0.6 is 15.9 Å². The van der Waals surface area contributed by atoms with Crippen molar-refractivity contribution in [2.24, 2.45) is 5.34 Å². The van der Waals surface area contributed by atoms with Crippen LogP contribution in [0.5, 0.6) is 0 Å². The molecule has 0 aliphatic carbocycles. The van der Waals surface area contributed by atoms with Gasteiger partial charge >= 0.3 is 0 Å². The number of rotatable bonds is 2. The fourth-order valence-corrected chi connectivity index (χ4v) is 0.104. The second kappa shape index (κ2) is 3.88. The minimum Gasteiger partial charge on any atom is -0.352 e. The Morgan fingerprint density at radius 1 is 2.00 bits per heavy atom. The van der Waals surface area contributed by atoms with E-state index in [9.17, 15) is 0 Å². The maximum atomic E-state index is 8.90. The van der Waals surface area contributed by atoms with Crippen LogP contribution in [0.15, 0.2) is 5.34 Å². The molecule has 0 unspecified atom stereocenters. The van der Waals surface area contributed by atoms with Crippen molar-refractivity contribution in [2.75, 3.05) is 5.52 Å². The summed E-state index contributed by atoms with van der Waals surface area (Å²) in [6, 6.07) is 0. The van der Waals surface area contributed by atoms with E-state index in [0.717, 1.165) is 0 Å². The molecule has 0 aromatic carbocycles. The van der Waals surface area contributed by atoms with Crippen molar-refractivity contribution in [2.45, 2.75) is 0 Å². The van der Waals surface area contributed by atoms with Gasteiger partial charge in [-0.05, 0) is 15.9 Å². The minimum absolute atomic E-state index is 0.177. The zero-order valence-electron chi connectivity index (χ0n) is 2.35. The Hall–Kier alpha value is -0.120. The molecule has 0 aliphatic rings. The van der Waals surface area contributed by atoms with Crippen molar-refractivity contribution >= 4 is 15.9 Å². The van der Waals surface area contributed by atoms with Crippen molar-refractivity contribution in [1.29, 1.82) is 0 Å². The third-order valence-corrected chi connectivity index (χ3v) is 0.306. The first kappa shape index (κ1) is 4.88. The Morgan fingerprint density at radius 2 is 2.60 bits per heavy atom. The number of alkyl halides is 1. The van der Waals surface area contributed by atoms with Crippen LogP contribution in [-0.2, 0) is 4.84 Å². The average Bonchev–Trinajstić information content (AvgIpc) is 1.41. The van der Waals surface area contributed by atoms with Gasteiger partial charge in [0.05, 0.1) is 0 Å². The van der Waals surface area contributed by atoms with Gasteiger partial charge in [0.1, 0.15) is 0 Å². The summed E-state index contributed by atoms with van der Waals surface area (Å²) >= 11 is 2.79. The van der Waals surface area contributed by atoms with Crippen molar-refractivity contribution < 1.29 is 4.84 Å². The second-order valence-corrected chi connectivity index (χ2v) is 0.771. The first-order valence-electron chi connectivity index (χ1n) is 0.921. The molecule has 5 heavy (non-hydrogen) atoms. The van der Waals surface area contributed by atoms with Crippen LogP contribution in [0.4, 0.5) is 0 Å². The minimum atomic E-state index is 0.177.